The Morgan fingerprint density at radius 3 is 2.35 bits per heavy atom. The molecule has 2 heteroatoms. The van der Waals surface area contributed by atoms with Crippen molar-refractivity contribution in [3.8, 4) is 5.75 Å². The Morgan fingerprint density at radius 1 is 0.913 bits per heavy atom. The Kier molecular flexibility index (Phi) is 8.52. The third kappa shape index (κ3) is 7.39. The van der Waals surface area contributed by atoms with E-state index in [1.165, 1.54) is 56.9 Å². The van der Waals surface area contributed by atoms with Crippen LogP contribution in [0.3, 0.4) is 0 Å². The number of aryl methyl sites for hydroxylation is 1. The van der Waals surface area contributed by atoms with Gasteiger partial charge in [0, 0.05) is 6.42 Å². The zero-order valence-corrected chi connectivity index (χ0v) is 15.1. The van der Waals surface area contributed by atoms with Crippen LogP contribution in [0.1, 0.15) is 70.8 Å². The first-order chi connectivity index (χ1) is 11.3. The number of hydrogen-bond acceptors (Lipinski definition) is 2. The molecule has 1 saturated carbocycles. The van der Waals surface area contributed by atoms with Gasteiger partial charge in [-0.3, -0.25) is 0 Å². The van der Waals surface area contributed by atoms with Gasteiger partial charge in [0.05, 0.1) is 19.3 Å². The molecule has 0 saturated heterocycles. The van der Waals surface area contributed by atoms with E-state index in [9.17, 15) is 0 Å². The normalized spacial score (nSPS) is 21.3. The molecule has 1 aliphatic carbocycles. The van der Waals surface area contributed by atoms with E-state index in [1.54, 1.807) is 0 Å². The summed E-state index contributed by atoms with van der Waals surface area (Å²) in [6.07, 6.45) is 11.7. The number of ether oxygens (including phenoxy) is 2. The van der Waals surface area contributed by atoms with Crippen molar-refractivity contribution >= 4 is 0 Å². The van der Waals surface area contributed by atoms with Crippen LogP contribution in [-0.4, -0.2) is 19.3 Å². The second kappa shape index (κ2) is 10.7. The largest absolute Gasteiger partial charge is 0.494 e. The molecule has 2 rings (SSSR count). The minimum Gasteiger partial charge on any atom is -0.494 e. The van der Waals surface area contributed by atoms with Crippen LogP contribution in [0.2, 0.25) is 0 Å². The summed E-state index contributed by atoms with van der Waals surface area (Å²) < 4.78 is 11.8. The molecule has 0 spiro atoms. The van der Waals surface area contributed by atoms with Gasteiger partial charge in [0.1, 0.15) is 5.75 Å². The van der Waals surface area contributed by atoms with Crippen LogP contribution in [0, 0.1) is 5.92 Å². The predicted molar refractivity (Wildman–Crippen MR) is 97.2 cm³/mol. The Bertz CT molecular complexity index is 404. The molecule has 1 aliphatic rings. The maximum atomic E-state index is 5.96. The second-order valence-electron chi connectivity index (χ2n) is 7.06. The molecule has 1 fully saturated rings. The monoisotopic (exact) mass is 318 g/mol. The lowest BCUT2D eigenvalue weighted by molar-refractivity contribution is 0.0146. The van der Waals surface area contributed by atoms with Crippen molar-refractivity contribution in [3.05, 3.63) is 29.8 Å². The average Bonchev–Trinajstić information content (AvgIpc) is 2.58. The van der Waals surface area contributed by atoms with E-state index >= 15 is 0 Å². The van der Waals surface area contributed by atoms with Gasteiger partial charge in [-0.25, -0.2) is 0 Å². The summed E-state index contributed by atoms with van der Waals surface area (Å²) in [4.78, 5) is 0. The van der Waals surface area contributed by atoms with Crippen LogP contribution in [0.5, 0.6) is 5.75 Å². The SMILES string of the molecule is CCCCCc1ccc(OCCCOC2CCC(C)CC2)cc1. The van der Waals surface area contributed by atoms with E-state index in [0.717, 1.165) is 31.3 Å². The molecule has 0 bridgehead atoms. The van der Waals surface area contributed by atoms with E-state index < -0.39 is 0 Å². The Hall–Kier alpha value is -1.02. The molecule has 2 nitrogen and oxygen atoms in total. The van der Waals surface area contributed by atoms with Crippen LogP contribution in [0.15, 0.2) is 24.3 Å². The topological polar surface area (TPSA) is 18.5 Å². The molecule has 0 radical (unpaired) electrons. The summed E-state index contributed by atoms with van der Waals surface area (Å²) in [5.41, 5.74) is 1.42. The summed E-state index contributed by atoms with van der Waals surface area (Å²) in [6, 6.07) is 8.60. The summed E-state index contributed by atoms with van der Waals surface area (Å²) in [5.74, 6) is 1.87. The highest BCUT2D eigenvalue weighted by Crippen LogP contribution is 2.25. The fourth-order valence-corrected chi connectivity index (χ4v) is 3.23. The van der Waals surface area contributed by atoms with Gasteiger partial charge in [-0.1, -0.05) is 38.8 Å². The van der Waals surface area contributed by atoms with E-state index in [0.29, 0.717) is 6.10 Å². The molecule has 130 valence electrons. The van der Waals surface area contributed by atoms with Gasteiger partial charge in [-0.2, -0.15) is 0 Å². The van der Waals surface area contributed by atoms with Gasteiger partial charge in [-0.05, 0) is 62.1 Å². The van der Waals surface area contributed by atoms with Crippen molar-refractivity contribution in [1.82, 2.24) is 0 Å². The van der Waals surface area contributed by atoms with Crippen molar-refractivity contribution in [3.63, 3.8) is 0 Å². The number of rotatable bonds is 10. The third-order valence-corrected chi connectivity index (χ3v) is 4.87. The first kappa shape index (κ1) is 18.3. The molecule has 1 aromatic rings. The Balaban J connectivity index is 1.54. The molecule has 0 N–H and O–H groups in total. The lowest BCUT2D eigenvalue weighted by atomic mass is 9.89. The van der Waals surface area contributed by atoms with Gasteiger partial charge in [0.25, 0.3) is 0 Å². The fourth-order valence-electron chi connectivity index (χ4n) is 3.23. The molecule has 0 amide bonds. The first-order valence-corrected chi connectivity index (χ1v) is 9.61. The number of benzene rings is 1. The van der Waals surface area contributed by atoms with E-state index in [4.69, 9.17) is 9.47 Å². The molecule has 0 heterocycles. The van der Waals surface area contributed by atoms with Crippen LogP contribution < -0.4 is 4.74 Å². The van der Waals surface area contributed by atoms with Crippen molar-refractivity contribution < 1.29 is 9.47 Å². The Morgan fingerprint density at radius 2 is 1.65 bits per heavy atom. The zero-order chi connectivity index (χ0) is 16.3. The second-order valence-corrected chi connectivity index (χ2v) is 7.06. The molecule has 0 atom stereocenters. The third-order valence-electron chi connectivity index (χ3n) is 4.87. The highest BCUT2D eigenvalue weighted by atomic mass is 16.5. The predicted octanol–water partition coefficient (Wildman–Crippen LogP) is 5.78. The lowest BCUT2D eigenvalue weighted by Gasteiger charge is -2.26. The van der Waals surface area contributed by atoms with Crippen molar-refractivity contribution in [2.24, 2.45) is 5.92 Å². The number of hydrogen-bond donors (Lipinski definition) is 0. The molecular formula is C21H34O2. The highest BCUT2D eigenvalue weighted by molar-refractivity contribution is 5.27. The summed E-state index contributed by atoms with van der Waals surface area (Å²) in [7, 11) is 0. The summed E-state index contributed by atoms with van der Waals surface area (Å²) in [6.45, 7) is 6.17. The smallest absolute Gasteiger partial charge is 0.119 e. The molecule has 0 aromatic heterocycles. The van der Waals surface area contributed by atoms with Crippen LogP contribution >= 0.6 is 0 Å². The lowest BCUT2D eigenvalue weighted by Crippen LogP contribution is -2.21. The Labute approximate surface area is 142 Å². The maximum Gasteiger partial charge on any atom is 0.119 e. The molecular weight excluding hydrogens is 284 g/mol. The minimum absolute atomic E-state index is 0.494. The molecule has 1 aromatic carbocycles. The minimum atomic E-state index is 0.494. The summed E-state index contributed by atoms with van der Waals surface area (Å²) >= 11 is 0. The summed E-state index contributed by atoms with van der Waals surface area (Å²) in [5, 5.41) is 0. The zero-order valence-electron chi connectivity index (χ0n) is 15.1. The van der Waals surface area contributed by atoms with Gasteiger partial charge in [-0.15, -0.1) is 0 Å². The molecule has 23 heavy (non-hydrogen) atoms. The molecule has 0 aliphatic heterocycles. The average molecular weight is 319 g/mol. The van der Waals surface area contributed by atoms with Gasteiger partial charge in [0.15, 0.2) is 0 Å². The van der Waals surface area contributed by atoms with E-state index in [-0.39, 0.29) is 0 Å². The van der Waals surface area contributed by atoms with E-state index in [1.807, 2.05) is 0 Å². The van der Waals surface area contributed by atoms with Crippen molar-refractivity contribution in [2.75, 3.05) is 13.2 Å². The van der Waals surface area contributed by atoms with Gasteiger partial charge >= 0.3 is 0 Å². The standard InChI is InChI=1S/C21H34O2/c1-3-4-5-7-19-10-14-21(15-11-19)23-17-6-16-22-20-12-8-18(2)9-13-20/h10-11,14-15,18,20H,3-9,12-13,16-17H2,1-2H3. The van der Waals surface area contributed by atoms with Crippen LogP contribution in [0.25, 0.3) is 0 Å². The van der Waals surface area contributed by atoms with Gasteiger partial charge in [0.2, 0.25) is 0 Å². The van der Waals surface area contributed by atoms with Crippen LogP contribution in [0.4, 0.5) is 0 Å². The fraction of sp³-hybridized carbons (Fsp3) is 0.714. The van der Waals surface area contributed by atoms with Crippen molar-refractivity contribution in [1.29, 1.82) is 0 Å². The van der Waals surface area contributed by atoms with Gasteiger partial charge < -0.3 is 9.47 Å². The quantitative estimate of drug-likeness (QED) is 0.509. The number of unbranched alkanes of at least 4 members (excludes halogenated alkanes) is 2. The first-order valence-electron chi connectivity index (χ1n) is 9.61. The van der Waals surface area contributed by atoms with E-state index in [2.05, 4.69) is 38.1 Å². The van der Waals surface area contributed by atoms with Crippen molar-refractivity contribution in [2.45, 2.75) is 77.7 Å². The van der Waals surface area contributed by atoms with Crippen LogP contribution in [-0.2, 0) is 11.2 Å². The molecule has 0 unspecified atom stereocenters. The highest BCUT2D eigenvalue weighted by Gasteiger charge is 2.18. The maximum absolute atomic E-state index is 5.96.